The molecule has 0 radical (unpaired) electrons. The zero-order valence-corrected chi connectivity index (χ0v) is 12.7. The first kappa shape index (κ1) is 15.3. The molecular weight excluding hydrogens is 238 g/mol. The summed E-state index contributed by atoms with van der Waals surface area (Å²) in [5, 5.41) is 3.71. The molecule has 1 aliphatic heterocycles. The zero-order valence-electron chi connectivity index (χ0n) is 12.7. The summed E-state index contributed by atoms with van der Waals surface area (Å²) in [5.74, 6) is 1.79. The van der Waals surface area contributed by atoms with E-state index in [9.17, 15) is 0 Å². The molecule has 2 fully saturated rings. The number of nitrogens with one attached hydrogen (secondary N) is 1. The van der Waals surface area contributed by atoms with E-state index in [0.29, 0.717) is 6.10 Å². The summed E-state index contributed by atoms with van der Waals surface area (Å²) in [7, 11) is 0. The summed E-state index contributed by atoms with van der Waals surface area (Å²) >= 11 is 0. The maximum atomic E-state index is 5.89. The molecule has 19 heavy (non-hydrogen) atoms. The van der Waals surface area contributed by atoms with Crippen molar-refractivity contribution in [1.29, 1.82) is 0 Å². The smallest absolute Gasteiger partial charge is 0.0619 e. The van der Waals surface area contributed by atoms with Crippen LogP contribution in [0.3, 0.4) is 0 Å². The molecule has 0 aromatic rings. The van der Waals surface area contributed by atoms with Crippen molar-refractivity contribution >= 4 is 0 Å². The van der Waals surface area contributed by atoms with Crippen LogP contribution < -0.4 is 5.32 Å². The van der Waals surface area contributed by atoms with E-state index in [1.807, 2.05) is 0 Å². The van der Waals surface area contributed by atoms with E-state index in [1.54, 1.807) is 0 Å². The van der Waals surface area contributed by atoms with Crippen LogP contribution in [0.1, 0.15) is 52.4 Å². The third kappa shape index (κ3) is 5.41. The summed E-state index contributed by atoms with van der Waals surface area (Å²) < 4.78 is 11.2. The minimum absolute atomic E-state index is 0.448. The van der Waals surface area contributed by atoms with Crippen LogP contribution in [0.4, 0.5) is 0 Å². The average Bonchev–Trinajstić information content (AvgIpc) is 2.43. The molecule has 0 amide bonds. The Balaban J connectivity index is 1.47. The number of hydrogen-bond acceptors (Lipinski definition) is 3. The average molecular weight is 269 g/mol. The molecule has 3 heteroatoms. The molecule has 0 aromatic carbocycles. The van der Waals surface area contributed by atoms with E-state index in [2.05, 4.69) is 19.2 Å². The van der Waals surface area contributed by atoms with Crippen molar-refractivity contribution in [3.8, 4) is 0 Å². The quantitative estimate of drug-likeness (QED) is 0.752. The number of rotatable bonds is 6. The van der Waals surface area contributed by atoms with Gasteiger partial charge in [0.2, 0.25) is 0 Å². The molecule has 1 saturated carbocycles. The molecule has 1 N–H and O–H groups in total. The van der Waals surface area contributed by atoms with E-state index in [4.69, 9.17) is 9.47 Å². The van der Waals surface area contributed by atoms with Gasteiger partial charge in [-0.3, -0.25) is 0 Å². The number of ether oxygens (including phenoxy) is 2. The largest absolute Gasteiger partial charge is 0.381 e. The van der Waals surface area contributed by atoms with Gasteiger partial charge in [-0.15, -0.1) is 0 Å². The number of hydrogen-bond donors (Lipinski definition) is 1. The third-order valence-corrected chi connectivity index (χ3v) is 4.87. The van der Waals surface area contributed by atoms with Gasteiger partial charge in [0.1, 0.15) is 0 Å². The molecule has 2 rings (SSSR count). The van der Waals surface area contributed by atoms with Crippen molar-refractivity contribution in [1.82, 2.24) is 5.32 Å². The fraction of sp³-hybridized carbons (Fsp3) is 1.00. The summed E-state index contributed by atoms with van der Waals surface area (Å²) in [6, 6.07) is 0.745. The lowest BCUT2D eigenvalue weighted by atomic mass is 9.79. The van der Waals surface area contributed by atoms with Crippen LogP contribution >= 0.6 is 0 Å². The highest BCUT2D eigenvalue weighted by atomic mass is 16.5. The van der Waals surface area contributed by atoms with Gasteiger partial charge in [0.25, 0.3) is 0 Å². The molecular formula is C16H31NO2. The lowest BCUT2D eigenvalue weighted by Crippen LogP contribution is -2.37. The second-order valence-corrected chi connectivity index (χ2v) is 6.45. The van der Waals surface area contributed by atoms with Gasteiger partial charge < -0.3 is 14.8 Å². The lowest BCUT2D eigenvalue weighted by Gasteiger charge is -2.32. The molecule has 3 nitrogen and oxygen atoms in total. The van der Waals surface area contributed by atoms with Crippen LogP contribution in [0, 0.1) is 11.8 Å². The Morgan fingerprint density at radius 2 is 1.84 bits per heavy atom. The van der Waals surface area contributed by atoms with E-state index in [0.717, 1.165) is 63.5 Å². The summed E-state index contributed by atoms with van der Waals surface area (Å²) in [6.07, 6.45) is 7.82. The highest BCUT2D eigenvalue weighted by Crippen LogP contribution is 2.29. The normalized spacial score (nSPS) is 33.5. The first-order valence-electron chi connectivity index (χ1n) is 8.18. The van der Waals surface area contributed by atoms with E-state index in [-0.39, 0.29) is 0 Å². The standard InChI is InChI=1S/C16H31NO2/c1-13-4-5-15(12-14(13)2)17-8-3-9-19-16-6-10-18-11-7-16/h13-17H,3-12H2,1-2H3/t13-,14-,15+/m1/s1. The Hall–Kier alpha value is -0.120. The van der Waals surface area contributed by atoms with Gasteiger partial charge in [0, 0.05) is 25.9 Å². The van der Waals surface area contributed by atoms with Crippen molar-refractivity contribution in [2.45, 2.75) is 64.5 Å². The molecule has 1 aliphatic carbocycles. The van der Waals surface area contributed by atoms with Gasteiger partial charge in [0.05, 0.1) is 6.10 Å². The fourth-order valence-corrected chi connectivity index (χ4v) is 3.20. The van der Waals surface area contributed by atoms with E-state index >= 15 is 0 Å². The second-order valence-electron chi connectivity index (χ2n) is 6.45. The van der Waals surface area contributed by atoms with E-state index in [1.165, 1.54) is 19.3 Å². The van der Waals surface area contributed by atoms with Gasteiger partial charge in [0.15, 0.2) is 0 Å². The van der Waals surface area contributed by atoms with Crippen molar-refractivity contribution in [2.75, 3.05) is 26.4 Å². The topological polar surface area (TPSA) is 30.5 Å². The van der Waals surface area contributed by atoms with Gasteiger partial charge in [-0.2, -0.15) is 0 Å². The van der Waals surface area contributed by atoms with Gasteiger partial charge >= 0.3 is 0 Å². The van der Waals surface area contributed by atoms with Crippen LogP contribution in [0.25, 0.3) is 0 Å². The molecule has 0 bridgehead atoms. The highest BCUT2D eigenvalue weighted by molar-refractivity contribution is 4.79. The van der Waals surface area contributed by atoms with Crippen LogP contribution in [0.15, 0.2) is 0 Å². The first-order chi connectivity index (χ1) is 9.25. The molecule has 1 saturated heterocycles. The lowest BCUT2D eigenvalue weighted by molar-refractivity contribution is -0.0323. The second kappa shape index (κ2) is 8.23. The monoisotopic (exact) mass is 269 g/mol. The highest BCUT2D eigenvalue weighted by Gasteiger charge is 2.23. The Kier molecular flexibility index (Phi) is 6.62. The van der Waals surface area contributed by atoms with Crippen LogP contribution in [0.2, 0.25) is 0 Å². The minimum atomic E-state index is 0.448. The van der Waals surface area contributed by atoms with Crippen molar-refractivity contribution < 1.29 is 9.47 Å². The summed E-state index contributed by atoms with van der Waals surface area (Å²) in [6.45, 7) is 8.54. The van der Waals surface area contributed by atoms with E-state index < -0.39 is 0 Å². The maximum absolute atomic E-state index is 5.89. The molecule has 0 unspecified atom stereocenters. The molecule has 0 spiro atoms. The first-order valence-corrected chi connectivity index (χ1v) is 8.18. The van der Waals surface area contributed by atoms with Crippen molar-refractivity contribution in [3.63, 3.8) is 0 Å². The van der Waals surface area contributed by atoms with Crippen LogP contribution in [-0.2, 0) is 9.47 Å². The molecule has 0 aromatic heterocycles. The van der Waals surface area contributed by atoms with Gasteiger partial charge in [-0.1, -0.05) is 13.8 Å². The maximum Gasteiger partial charge on any atom is 0.0619 e. The zero-order chi connectivity index (χ0) is 13.5. The Bertz CT molecular complexity index is 241. The summed E-state index contributed by atoms with van der Waals surface area (Å²) in [4.78, 5) is 0. The minimum Gasteiger partial charge on any atom is -0.381 e. The molecule has 2 aliphatic rings. The van der Waals surface area contributed by atoms with Crippen molar-refractivity contribution in [3.05, 3.63) is 0 Å². The molecule has 3 atom stereocenters. The third-order valence-electron chi connectivity index (χ3n) is 4.87. The predicted molar refractivity (Wildman–Crippen MR) is 78.4 cm³/mol. The Labute approximate surface area is 118 Å². The Morgan fingerprint density at radius 3 is 2.58 bits per heavy atom. The Morgan fingerprint density at radius 1 is 1.05 bits per heavy atom. The molecule has 112 valence electrons. The SMILES string of the molecule is C[C@@H]1CC[C@H](NCCCOC2CCOCC2)C[C@H]1C. The van der Waals surface area contributed by atoms with Crippen LogP contribution in [0.5, 0.6) is 0 Å². The predicted octanol–water partition coefficient (Wildman–Crippen LogP) is 2.99. The van der Waals surface area contributed by atoms with Crippen LogP contribution in [-0.4, -0.2) is 38.5 Å². The van der Waals surface area contributed by atoms with Gasteiger partial charge in [-0.05, 0) is 56.9 Å². The summed E-state index contributed by atoms with van der Waals surface area (Å²) in [5.41, 5.74) is 0. The van der Waals surface area contributed by atoms with Crippen molar-refractivity contribution in [2.24, 2.45) is 11.8 Å². The molecule has 1 heterocycles. The van der Waals surface area contributed by atoms with Gasteiger partial charge in [-0.25, -0.2) is 0 Å². The fourth-order valence-electron chi connectivity index (χ4n) is 3.20.